The number of aryl methyl sites for hydroxylation is 1. The number of carbonyl (C=O) groups is 1. The molecule has 2 saturated heterocycles. The van der Waals surface area contributed by atoms with Crippen molar-refractivity contribution in [2.45, 2.75) is 38.4 Å². The smallest absolute Gasteiger partial charge is 0.224 e. The second kappa shape index (κ2) is 6.60. The normalized spacial score (nSPS) is 27.1. The van der Waals surface area contributed by atoms with Crippen molar-refractivity contribution in [2.24, 2.45) is 0 Å². The van der Waals surface area contributed by atoms with E-state index in [2.05, 4.69) is 16.9 Å². The molecule has 128 valence electrons. The minimum atomic E-state index is -3.06. The van der Waals surface area contributed by atoms with Gasteiger partial charge in [0, 0.05) is 44.5 Å². The number of piperazine rings is 1. The van der Waals surface area contributed by atoms with Crippen LogP contribution in [0.1, 0.15) is 19.8 Å². The molecule has 0 spiro atoms. The summed E-state index contributed by atoms with van der Waals surface area (Å²) in [6.07, 6.45) is 4.87. The lowest BCUT2D eigenvalue weighted by atomic mass is 10.0. The summed E-state index contributed by atoms with van der Waals surface area (Å²) in [5.41, 5.74) is 0. The van der Waals surface area contributed by atoms with Gasteiger partial charge in [-0.15, -0.1) is 0 Å². The molecule has 3 heterocycles. The maximum atomic E-state index is 12.6. The van der Waals surface area contributed by atoms with Crippen LogP contribution < -0.4 is 0 Å². The Kier molecular flexibility index (Phi) is 4.72. The summed E-state index contributed by atoms with van der Waals surface area (Å²) in [6.45, 7) is 4.91. The number of aromatic nitrogens is 2. The van der Waals surface area contributed by atoms with Gasteiger partial charge in [-0.1, -0.05) is 6.92 Å². The summed E-state index contributed by atoms with van der Waals surface area (Å²) in [5.74, 6) is 0.315. The molecule has 23 heavy (non-hydrogen) atoms. The summed E-state index contributed by atoms with van der Waals surface area (Å²) < 4.78 is 25.9. The molecule has 0 N–H and O–H groups in total. The van der Waals surface area contributed by atoms with Gasteiger partial charge in [0.15, 0.2) is 9.84 Å². The molecule has 0 aliphatic carbocycles. The van der Waals surface area contributed by atoms with Crippen molar-refractivity contribution in [3.05, 3.63) is 18.5 Å². The number of carbonyl (C=O) groups excluding carboxylic acids is 1. The summed E-state index contributed by atoms with van der Waals surface area (Å²) in [7, 11) is -3.06. The first-order chi connectivity index (χ1) is 11.0. The molecule has 1 aromatic rings. The molecule has 1 aromatic heterocycles. The van der Waals surface area contributed by atoms with E-state index < -0.39 is 9.84 Å². The minimum Gasteiger partial charge on any atom is -0.336 e. The Balaban J connectivity index is 1.68. The van der Waals surface area contributed by atoms with Gasteiger partial charge in [0.1, 0.15) is 0 Å². The number of nitrogens with zero attached hydrogens (tertiary/aromatic N) is 4. The number of rotatable bonds is 5. The Morgan fingerprint density at radius 2 is 2.00 bits per heavy atom. The second-order valence-electron chi connectivity index (χ2n) is 6.35. The molecule has 3 rings (SSSR count). The Morgan fingerprint density at radius 1 is 1.22 bits per heavy atom. The Bertz CT molecular complexity index is 644. The van der Waals surface area contributed by atoms with E-state index >= 15 is 0 Å². The molecule has 0 bridgehead atoms. The third kappa shape index (κ3) is 3.58. The topological polar surface area (TPSA) is 75.5 Å². The van der Waals surface area contributed by atoms with Crippen LogP contribution in [0.5, 0.6) is 0 Å². The van der Waals surface area contributed by atoms with Crippen LogP contribution in [0, 0.1) is 0 Å². The molecule has 1 amide bonds. The zero-order chi connectivity index (χ0) is 16.4. The van der Waals surface area contributed by atoms with Crippen LogP contribution in [-0.4, -0.2) is 77.1 Å². The molecule has 0 radical (unpaired) electrons. The molecule has 8 heteroatoms. The average molecular weight is 340 g/mol. The number of fused-ring (bicyclic) bond motifs is 1. The van der Waals surface area contributed by atoms with Crippen LogP contribution in [-0.2, 0) is 21.2 Å². The molecule has 2 atom stereocenters. The van der Waals surface area contributed by atoms with Gasteiger partial charge in [-0.25, -0.2) is 8.42 Å². The largest absolute Gasteiger partial charge is 0.336 e. The Labute approximate surface area is 137 Å². The predicted molar refractivity (Wildman–Crippen MR) is 86.7 cm³/mol. The van der Waals surface area contributed by atoms with Gasteiger partial charge in [-0.2, -0.15) is 5.10 Å². The highest BCUT2D eigenvalue weighted by molar-refractivity contribution is 7.91. The van der Waals surface area contributed by atoms with Gasteiger partial charge < -0.3 is 4.90 Å². The van der Waals surface area contributed by atoms with Crippen LogP contribution in [0.4, 0.5) is 0 Å². The highest BCUT2D eigenvalue weighted by atomic mass is 32.2. The summed E-state index contributed by atoms with van der Waals surface area (Å²) in [5, 5.41) is 4.10. The van der Waals surface area contributed by atoms with Crippen molar-refractivity contribution >= 4 is 15.7 Å². The monoisotopic (exact) mass is 340 g/mol. The third-order valence-electron chi connectivity index (χ3n) is 4.74. The molecule has 0 saturated carbocycles. The van der Waals surface area contributed by atoms with Crippen LogP contribution in [0.2, 0.25) is 0 Å². The molecular weight excluding hydrogens is 316 g/mol. The van der Waals surface area contributed by atoms with Gasteiger partial charge in [0.2, 0.25) is 5.91 Å². The lowest BCUT2D eigenvalue weighted by Gasteiger charge is -2.44. The number of hydrogen-bond acceptors (Lipinski definition) is 5. The zero-order valence-electron chi connectivity index (χ0n) is 13.5. The molecule has 2 fully saturated rings. The molecule has 0 unspecified atom stereocenters. The van der Waals surface area contributed by atoms with Crippen molar-refractivity contribution in [3.63, 3.8) is 0 Å². The quantitative estimate of drug-likeness (QED) is 0.754. The molecular formula is C15H24N4O3S. The van der Waals surface area contributed by atoms with Gasteiger partial charge in [-0.05, 0) is 19.0 Å². The fraction of sp³-hybridized carbons (Fsp3) is 0.733. The van der Waals surface area contributed by atoms with Crippen molar-refractivity contribution in [1.29, 1.82) is 0 Å². The summed E-state index contributed by atoms with van der Waals surface area (Å²) in [4.78, 5) is 16.6. The maximum absolute atomic E-state index is 12.6. The average Bonchev–Trinajstić information content (AvgIpc) is 3.11. The van der Waals surface area contributed by atoms with E-state index in [1.807, 2.05) is 12.3 Å². The first-order valence-electron chi connectivity index (χ1n) is 8.21. The second-order valence-corrected chi connectivity index (χ2v) is 8.51. The van der Waals surface area contributed by atoms with Crippen molar-refractivity contribution in [1.82, 2.24) is 19.6 Å². The highest BCUT2D eigenvalue weighted by Gasteiger charge is 2.47. The van der Waals surface area contributed by atoms with Crippen molar-refractivity contribution in [2.75, 3.05) is 31.1 Å². The van der Waals surface area contributed by atoms with E-state index in [9.17, 15) is 13.2 Å². The van der Waals surface area contributed by atoms with Gasteiger partial charge in [0.25, 0.3) is 0 Å². The van der Waals surface area contributed by atoms with Gasteiger partial charge >= 0.3 is 0 Å². The molecule has 2 aliphatic rings. The molecule has 0 aromatic carbocycles. The first-order valence-corrected chi connectivity index (χ1v) is 10.0. The van der Waals surface area contributed by atoms with E-state index in [-0.39, 0.29) is 29.5 Å². The van der Waals surface area contributed by atoms with Crippen LogP contribution in [0.3, 0.4) is 0 Å². The number of amides is 1. The summed E-state index contributed by atoms with van der Waals surface area (Å²) in [6, 6.07) is 1.60. The van der Waals surface area contributed by atoms with Crippen molar-refractivity contribution < 1.29 is 13.2 Å². The highest BCUT2D eigenvalue weighted by Crippen LogP contribution is 2.27. The van der Waals surface area contributed by atoms with E-state index in [1.54, 1.807) is 15.8 Å². The first kappa shape index (κ1) is 16.4. The Morgan fingerprint density at radius 3 is 2.70 bits per heavy atom. The minimum absolute atomic E-state index is 0.0312. The lowest BCUT2D eigenvalue weighted by Crippen LogP contribution is -2.60. The van der Waals surface area contributed by atoms with E-state index in [0.717, 1.165) is 19.5 Å². The van der Waals surface area contributed by atoms with Crippen LogP contribution in [0.25, 0.3) is 0 Å². The predicted octanol–water partition coefficient (Wildman–Crippen LogP) is -0.00700. The number of hydrogen-bond donors (Lipinski definition) is 0. The number of sulfone groups is 1. The third-order valence-corrected chi connectivity index (χ3v) is 6.43. The van der Waals surface area contributed by atoms with E-state index in [4.69, 9.17) is 0 Å². The Hall–Kier alpha value is -1.41. The van der Waals surface area contributed by atoms with Gasteiger partial charge in [0.05, 0.1) is 17.5 Å². The van der Waals surface area contributed by atoms with E-state index in [1.165, 1.54) is 0 Å². The maximum Gasteiger partial charge on any atom is 0.224 e. The lowest BCUT2D eigenvalue weighted by molar-refractivity contribution is -0.137. The fourth-order valence-corrected chi connectivity index (χ4v) is 5.70. The van der Waals surface area contributed by atoms with Crippen molar-refractivity contribution in [3.8, 4) is 0 Å². The van der Waals surface area contributed by atoms with Crippen LogP contribution in [0.15, 0.2) is 18.5 Å². The van der Waals surface area contributed by atoms with E-state index in [0.29, 0.717) is 19.5 Å². The molecule has 2 aliphatic heterocycles. The zero-order valence-corrected chi connectivity index (χ0v) is 14.3. The fourth-order valence-electron chi connectivity index (χ4n) is 3.69. The molecule has 7 nitrogen and oxygen atoms in total. The standard InChI is InChI=1S/C15H24N4O3S/c1-2-6-17-9-10-19(14-12-23(21,22)11-13(14)17)15(20)4-8-18-7-3-5-16-18/h3,5,7,13-14H,2,4,6,8-12H2,1H3/t13-,14+/m1/s1. The SMILES string of the molecule is CCCN1CCN(C(=O)CCn2cccn2)[C@H]2CS(=O)(=O)C[C@H]21. The van der Waals surface area contributed by atoms with Crippen LogP contribution >= 0.6 is 0 Å². The van der Waals surface area contributed by atoms with Gasteiger partial charge in [-0.3, -0.25) is 14.4 Å². The summed E-state index contributed by atoms with van der Waals surface area (Å²) >= 11 is 0.